The summed E-state index contributed by atoms with van der Waals surface area (Å²) in [5, 5.41) is 8.97. The number of anilines is 1. The zero-order valence-corrected chi connectivity index (χ0v) is 20.2. The summed E-state index contributed by atoms with van der Waals surface area (Å²) in [5.41, 5.74) is 1.77. The highest BCUT2D eigenvalue weighted by Crippen LogP contribution is 2.29. The van der Waals surface area contributed by atoms with E-state index >= 15 is 0 Å². The van der Waals surface area contributed by atoms with Crippen LogP contribution in [0.25, 0.3) is 11.3 Å². The third-order valence-electron chi connectivity index (χ3n) is 7.43. The fourth-order valence-electron chi connectivity index (χ4n) is 5.11. The van der Waals surface area contributed by atoms with Crippen LogP contribution in [-0.2, 0) is 4.79 Å². The van der Waals surface area contributed by atoms with Gasteiger partial charge in [-0.05, 0) is 44.0 Å². The first kappa shape index (κ1) is 23.1. The fraction of sp³-hybridized carbons (Fsp3) is 0.577. The highest BCUT2D eigenvalue weighted by atomic mass is 16.5. The van der Waals surface area contributed by atoms with Crippen LogP contribution in [0.15, 0.2) is 36.4 Å². The average molecular weight is 465 g/mol. The molecule has 3 aliphatic rings. The Hall–Kier alpha value is -2.71. The van der Waals surface area contributed by atoms with Gasteiger partial charge in [-0.1, -0.05) is 18.6 Å². The van der Waals surface area contributed by atoms with Gasteiger partial charge in [0, 0.05) is 64.0 Å². The van der Waals surface area contributed by atoms with Crippen molar-refractivity contribution >= 4 is 11.7 Å². The highest BCUT2D eigenvalue weighted by Gasteiger charge is 2.30. The summed E-state index contributed by atoms with van der Waals surface area (Å²) in [6.07, 6.45) is 4.05. The van der Waals surface area contributed by atoms with Gasteiger partial charge >= 0.3 is 0 Å². The van der Waals surface area contributed by atoms with E-state index in [4.69, 9.17) is 4.74 Å². The van der Waals surface area contributed by atoms with E-state index in [9.17, 15) is 4.79 Å². The van der Waals surface area contributed by atoms with Gasteiger partial charge < -0.3 is 14.5 Å². The molecule has 1 amide bonds. The number of nitrogens with zero attached hydrogens (tertiary/aromatic N) is 6. The van der Waals surface area contributed by atoms with E-state index < -0.39 is 0 Å². The Balaban J connectivity index is 1.10. The number of aromatic nitrogens is 2. The second kappa shape index (κ2) is 10.7. The molecule has 1 aliphatic carbocycles. The Morgan fingerprint density at radius 2 is 1.71 bits per heavy atom. The molecule has 8 heteroatoms. The molecule has 2 aliphatic heterocycles. The van der Waals surface area contributed by atoms with Crippen molar-refractivity contribution < 1.29 is 9.53 Å². The summed E-state index contributed by atoms with van der Waals surface area (Å²) in [6.45, 7) is 10.4. The number of hydrogen-bond acceptors (Lipinski definition) is 7. The van der Waals surface area contributed by atoms with Crippen LogP contribution in [0.3, 0.4) is 0 Å². The predicted molar refractivity (Wildman–Crippen MR) is 133 cm³/mol. The van der Waals surface area contributed by atoms with Crippen LogP contribution in [0.1, 0.15) is 26.2 Å². The summed E-state index contributed by atoms with van der Waals surface area (Å²) in [5.74, 6) is 1.99. The largest absolute Gasteiger partial charge is 0.493 e. The van der Waals surface area contributed by atoms with E-state index in [0.29, 0.717) is 13.2 Å². The number of hydrogen-bond donors (Lipinski definition) is 0. The molecule has 0 radical (unpaired) electrons. The molecule has 2 saturated heterocycles. The minimum Gasteiger partial charge on any atom is -0.493 e. The van der Waals surface area contributed by atoms with Crippen molar-refractivity contribution in [3.63, 3.8) is 0 Å². The van der Waals surface area contributed by atoms with Crippen molar-refractivity contribution in [1.29, 1.82) is 0 Å². The lowest BCUT2D eigenvalue weighted by molar-refractivity contribution is -0.134. The van der Waals surface area contributed by atoms with E-state index in [1.165, 1.54) is 19.3 Å². The molecular weight excluding hydrogens is 428 g/mol. The Kier molecular flexibility index (Phi) is 7.25. The molecule has 1 aromatic heterocycles. The molecule has 1 aromatic carbocycles. The first-order chi connectivity index (χ1) is 16.7. The van der Waals surface area contributed by atoms with E-state index in [1.54, 1.807) is 0 Å². The van der Waals surface area contributed by atoms with Gasteiger partial charge in [-0.15, -0.1) is 10.2 Å². The fourth-order valence-corrected chi connectivity index (χ4v) is 5.11. The summed E-state index contributed by atoms with van der Waals surface area (Å²) in [6, 6.07) is 12.8. The van der Waals surface area contributed by atoms with Crippen LogP contribution in [0.4, 0.5) is 5.82 Å². The molecule has 0 N–H and O–H groups in total. The molecule has 34 heavy (non-hydrogen) atoms. The molecule has 3 heterocycles. The number of rotatable bonds is 7. The van der Waals surface area contributed by atoms with E-state index in [2.05, 4.69) is 29.8 Å². The molecule has 5 rings (SSSR count). The first-order valence-corrected chi connectivity index (χ1v) is 12.8. The lowest BCUT2D eigenvalue weighted by Gasteiger charge is -2.43. The van der Waals surface area contributed by atoms with Gasteiger partial charge in [0.2, 0.25) is 5.91 Å². The van der Waals surface area contributed by atoms with Gasteiger partial charge in [0.15, 0.2) is 5.82 Å². The van der Waals surface area contributed by atoms with Crippen molar-refractivity contribution in [3.8, 4) is 17.0 Å². The molecule has 0 atom stereocenters. The van der Waals surface area contributed by atoms with Crippen LogP contribution >= 0.6 is 0 Å². The zero-order chi connectivity index (χ0) is 23.3. The SMILES string of the molecule is CCOc1ccccc1-c1ccc(N2CCN(CC(=O)N3CCN(C4CCC4)CC3)CC2)nn1. The lowest BCUT2D eigenvalue weighted by atomic mass is 9.91. The third kappa shape index (κ3) is 5.18. The normalized spacial score (nSPS) is 20.3. The molecular formula is C26H36N6O2. The number of piperazine rings is 2. The number of benzene rings is 1. The molecule has 3 fully saturated rings. The summed E-state index contributed by atoms with van der Waals surface area (Å²) < 4.78 is 5.73. The quantitative estimate of drug-likeness (QED) is 0.623. The molecule has 0 bridgehead atoms. The van der Waals surface area contributed by atoms with Gasteiger partial charge in [0.05, 0.1) is 18.8 Å². The minimum atomic E-state index is 0.277. The summed E-state index contributed by atoms with van der Waals surface area (Å²) in [7, 11) is 0. The molecule has 0 unspecified atom stereocenters. The maximum Gasteiger partial charge on any atom is 0.236 e. The van der Waals surface area contributed by atoms with Crippen molar-refractivity contribution in [2.75, 3.05) is 70.4 Å². The molecule has 1 saturated carbocycles. The van der Waals surface area contributed by atoms with Crippen LogP contribution < -0.4 is 9.64 Å². The third-order valence-corrected chi connectivity index (χ3v) is 7.43. The van der Waals surface area contributed by atoms with Crippen LogP contribution in [0.2, 0.25) is 0 Å². The minimum absolute atomic E-state index is 0.277. The van der Waals surface area contributed by atoms with Crippen molar-refractivity contribution in [3.05, 3.63) is 36.4 Å². The monoisotopic (exact) mass is 464 g/mol. The Morgan fingerprint density at radius 1 is 0.941 bits per heavy atom. The number of carbonyl (C=O) groups excluding carboxylic acids is 1. The van der Waals surface area contributed by atoms with Crippen LogP contribution in [-0.4, -0.2) is 102 Å². The number of ether oxygens (including phenoxy) is 1. The lowest BCUT2D eigenvalue weighted by Crippen LogP contribution is -2.56. The van der Waals surface area contributed by atoms with Crippen molar-refractivity contribution in [2.45, 2.75) is 32.2 Å². The highest BCUT2D eigenvalue weighted by molar-refractivity contribution is 5.78. The van der Waals surface area contributed by atoms with Gasteiger partial charge in [0.25, 0.3) is 0 Å². The second-order valence-corrected chi connectivity index (χ2v) is 9.47. The Labute approximate surface area is 202 Å². The molecule has 0 spiro atoms. The van der Waals surface area contributed by atoms with Gasteiger partial charge in [-0.3, -0.25) is 14.6 Å². The van der Waals surface area contributed by atoms with E-state index in [0.717, 1.165) is 81.2 Å². The predicted octanol–water partition coefficient (Wildman–Crippen LogP) is 2.36. The number of carbonyl (C=O) groups is 1. The maximum absolute atomic E-state index is 12.8. The Bertz CT molecular complexity index is 948. The topological polar surface area (TPSA) is 65.0 Å². The number of amides is 1. The molecule has 2 aromatic rings. The second-order valence-electron chi connectivity index (χ2n) is 9.47. The maximum atomic E-state index is 12.8. The molecule has 182 valence electrons. The molecule has 8 nitrogen and oxygen atoms in total. The van der Waals surface area contributed by atoms with Crippen molar-refractivity contribution in [2.24, 2.45) is 0 Å². The van der Waals surface area contributed by atoms with Gasteiger partial charge in [-0.2, -0.15) is 0 Å². The van der Waals surface area contributed by atoms with Crippen molar-refractivity contribution in [1.82, 2.24) is 24.9 Å². The first-order valence-electron chi connectivity index (χ1n) is 12.8. The summed E-state index contributed by atoms with van der Waals surface area (Å²) in [4.78, 5) is 22.0. The average Bonchev–Trinajstić information content (AvgIpc) is 2.85. The standard InChI is InChI=1S/C26H36N6O2/c1-2-34-24-9-4-3-8-22(24)23-10-11-25(28-27-23)31-14-12-29(13-15-31)20-26(33)32-18-16-30(17-19-32)21-6-5-7-21/h3-4,8-11,21H,2,5-7,12-20H2,1H3. The van der Waals surface area contributed by atoms with Crippen LogP contribution in [0, 0.1) is 0 Å². The van der Waals surface area contributed by atoms with E-state index in [1.807, 2.05) is 43.3 Å². The van der Waals surface area contributed by atoms with Crippen LogP contribution in [0.5, 0.6) is 5.75 Å². The number of para-hydroxylation sites is 1. The van der Waals surface area contributed by atoms with Gasteiger partial charge in [0.1, 0.15) is 5.75 Å². The smallest absolute Gasteiger partial charge is 0.236 e. The Morgan fingerprint density at radius 3 is 2.35 bits per heavy atom. The zero-order valence-electron chi connectivity index (χ0n) is 20.2. The summed E-state index contributed by atoms with van der Waals surface area (Å²) >= 11 is 0. The van der Waals surface area contributed by atoms with E-state index in [-0.39, 0.29) is 5.91 Å². The van der Waals surface area contributed by atoms with Gasteiger partial charge in [-0.25, -0.2) is 0 Å².